The Morgan fingerprint density at radius 3 is 1.71 bits per heavy atom. The van der Waals surface area contributed by atoms with Crippen molar-refractivity contribution in [3.8, 4) is 0 Å². The molecule has 0 bridgehead atoms. The Kier molecular flexibility index (Phi) is 5.32. The highest BCUT2D eigenvalue weighted by molar-refractivity contribution is 6.00. The maximum absolute atomic E-state index is 7.98. The summed E-state index contributed by atoms with van der Waals surface area (Å²) < 4.78 is 0. The Hall–Kier alpha value is -2.55. The van der Waals surface area contributed by atoms with Gasteiger partial charge in [0.25, 0.3) is 0 Å². The van der Waals surface area contributed by atoms with Crippen LogP contribution in [-0.4, -0.2) is 16.4 Å². The summed E-state index contributed by atoms with van der Waals surface area (Å²) in [5, 5.41) is 16.0. The highest BCUT2D eigenvalue weighted by Gasteiger charge is 2.09. The second-order valence-corrected chi connectivity index (χ2v) is 6.23. The summed E-state index contributed by atoms with van der Waals surface area (Å²) in [5.41, 5.74) is 5.87. The number of nitrogens with zero attached hydrogens (tertiary/aromatic N) is 1. The lowest BCUT2D eigenvalue weighted by Gasteiger charge is -2.12. The van der Waals surface area contributed by atoms with E-state index in [0.717, 1.165) is 72.5 Å². The zero-order valence-corrected chi connectivity index (χ0v) is 13.9. The van der Waals surface area contributed by atoms with Crippen molar-refractivity contribution in [2.45, 2.75) is 38.5 Å². The third-order valence-electron chi connectivity index (χ3n) is 4.45. The molecule has 0 fully saturated rings. The first-order valence-corrected chi connectivity index (χ1v) is 8.54. The predicted molar refractivity (Wildman–Crippen MR) is 100 cm³/mol. The van der Waals surface area contributed by atoms with Gasteiger partial charge in [-0.1, -0.05) is 42.5 Å². The Morgan fingerprint density at radius 1 is 0.750 bits per heavy atom. The van der Waals surface area contributed by atoms with Crippen LogP contribution in [0.25, 0.3) is 0 Å². The summed E-state index contributed by atoms with van der Waals surface area (Å²) in [6, 6.07) is 6.20. The fraction of sp³-hybridized carbons (Fsp3) is 0.286. The van der Waals surface area contributed by atoms with Gasteiger partial charge in [-0.3, -0.25) is 4.98 Å². The number of hydrogen-bond acceptors (Lipinski definition) is 3. The van der Waals surface area contributed by atoms with Crippen LogP contribution in [0, 0.1) is 10.8 Å². The molecule has 2 N–H and O–H groups in total. The van der Waals surface area contributed by atoms with Gasteiger partial charge in [0.15, 0.2) is 0 Å². The van der Waals surface area contributed by atoms with Crippen LogP contribution in [0.15, 0.2) is 65.8 Å². The molecule has 3 rings (SSSR count). The van der Waals surface area contributed by atoms with E-state index >= 15 is 0 Å². The second kappa shape index (κ2) is 7.82. The van der Waals surface area contributed by atoms with Crippen LogP contribution in [0.3, 0.4) is 0 Å². The number of aryl methyl sites for hydroxylation is 2. The molecule has 1 aromatic heterocycles. The van der Waals surface area contributed by atoms with Gasteiger partial charge in [-0.15, -0.1) is 0 Å². The molecule has 0 amide bonds. The van der Waals surface area contributed by atoms with Crippen LogP contribution < -0.4 is 0 Å². The third kappa shape index (κ3) is 4.25. The van der Waals surface area contributed by atoms with Crippen LogP contribution >= 0.6 is 0 Å². The molecule has 1 aromatic rings. The summed E-state index contributed by atoms with van der Waals surface area (Å²) in [7, 11) is 0. The van der Waals surface area contributed by atoms with E-state index in [4.69, 9.17) is 15.8 Å². The van der Waals surface area contributed by atoms with E-state index in [0.29, 0.717) is 0 Å². The standard InChI is InChI=1S/C21H23N3/c22-20-10-3-1-6-16(20)12-14-18-8-5-9-19(24-18)15-13-17-7-2-4-11-21(17)23/h1-9,22-23H,10-15H2. The van der Waals surface area contributed by atoms with E-state index in [2.05, 4.69) is 18.2 Å². The molecule has 0 unspecified atom stereocenters. The highest BCUT2D eigenvalue weighted by Crippen LogP contribution is 2.17. The largest absolute Gasteiger partial charge is 0.305 e. The zero-order chi connectivity index (χ0) is 16.8. The van der Waals surface area contributed by atoms with Crippen molar-refractivity contribution in [2.24, 2.45) is 0 Å². The summed E-state index contributed by atoms with van der Waals surface area (Å²) in [6.45, 7) is 0. The molecule has 0 aromatic carbocycles. The summed E-state index contributed by atoms with van der Waals surface area (Å²) in [6.07, 6.45) is 17.2. The lowest BCUT2D eigenvalue weighted by atomic mass is 9.96. The lowest BCUT2D eigenvalue weighted by molar-refractivity contribution is 0.862. The van der Waals surface area contributed by atoms with Crippen LogP contribution in [-0.2, 0) is 12.8 Å². The topological polar surface area (TPSA) is 60.6 Å². The first-order valence-electron chi connectivity index (χ1n) is 8.54. The molecule has 1 heterocycles. The number of rotatable bonds is 6. The number of hydrogen-bond donors (Lipinski definition) is 2. The molecule has 2 aliphatic carbocycles. The molecule has 3 nitrogen and oxygen atoms in total. The van der Waals surface area contributed by atoms with Gasteiger partial charge >= 0.3 is 0 Å². The van der Waals surface area contributed by atoms with Gasteiger partial charge in [0, 0.05) is 35.7 Å². The monoisotopic (exact) mass is 317 g/mol. The van der Waals surface area contributed by atoms with Gasteiger partial charge < -0.3 is 10.8 Å². The molecule has 0 saturated heterocycles. The summed E-state index contributed by atoms with van der Waals surface area (Å²) >= 11 is 0. The molecule has 0 saturated carbocycles. The Labute approximate surface area is 143 Å². The van der Waals surface area contributed by atoms with Gasteiger partial charge in [-0.05, 0) is 49.0 Å². The minimum Gasteiger partial charge on any atom is -0.305 e. The van der Waals surface area contributed by atoms with Crippen LogP contribution in [0.1, 0.15) is 37.1 Å². The smallest absolute Gasteiger partial charge is 0.0410 e. The van der Waals surface area contributed by atoms with Crippen molar-refractivity contribution < 1.29 is 0 Å². The van der Waals surface area contributed by atoms with Crippen molar-refractivity contribution in [3.63, 3.8) is 0 Å². The Balaban J connectivity index is 1.58. The number of allylic oxidation sites excluding steroid dienone is 8. The van der Waals surface area contributed by atoms with Crippen LogP contribution in [0.2, 0.25) is 0 Å². The first kappa shape index (κ1) is 16.3. The number of pyridine rings is 1. The van der Waals surface area contributed by atoms with Crippen molar-refractivity contribution in [3.05, 3.63) is 77.2 Å². The molecule has 3 heteroatoms. The molecule has 0 atom stereocenters. The molecule has 0 aliphatic heterocycles. The van der Waals surface area contributed by atoms with Crippen molar-refractivity contribution in [1.29, 1.82) is 10.8 Å². The number of nitrogens with one attached hydrogen (secondary N) is 2. The van der Waals surface area contributed by atoms with Crippen LogP contribution in [0.5, 0.6) is 0 Å². The molecule has 0 spiro atoms. The Morgan fingerprint density at radius 2 is 1.25 bits per heavy atom. The maximum Gasteiger partial charge on any atom is 0.0410 e. The van der Waals surface area contributed by atoms with E-state index < -0.39 is 0 Å². The van der Waals surface area contributed by atoms with Gasteiger partial charge in [-0.25, -0.2) is 0 Å². The van der Waals surface area contributed by atoms with Gasteiger partial charge in [-0.2, -0.15) is 0 Å². The van der Waals surface area contributed by atoms with Gasteiger partial charge in [0.1, 0.15) is 0 Å². The predicted octanol–water partition coefficient (Wildman–Crippen LogP) is 4.76. The fourth-order valence-electron chi connectivity index (χ4n) is 3.01. The molecular weight excluding hydrogens is 294 g/mol. The van der Waals surface area contributed by atoms with Crippen LogP contribution in [0.4, 0.5) is 0 Å². The fourth-order valence-corrected chi connectivity index (χ4v) is 3.01. The zero-order valence-electron chi connectivity index (χ0n) is 13.9. The van der Waals surface area contributed by atoms with Gasteiger partial charge in [0.2, 0.25) is 0 Å². The summed E-state index contributed by atoms with van der Waals surface area (Å²) in [5.74, 6) is 0. The van der Waals surface area contributed by atoms with Crippen molar-refractivity contribution in [1.82, 2.24) is 4.98 Å². The van der Waals surface area contributed by atoms with Gasteiger partial charge in [0.05, 0.1) is 0 Å². The number of aromatic nitrogens is 1. The van der Waals surface area contributed by atoms with E-state index in [1.165, 1.54) is 0 Å². The molecular formula is C21H23N3. The van der Waals surface area contributed by atoms with E-state index in [-0.39, 0.29) is 0 Å². The SMILES string of the molecule is N=C1CC=CC=C1CCc1cccc(CCC2=CC=CCC2=N)n1. The molecule has 2 aliphatic rings. The van der Waals surface area contributed by atoms with Crippen molar-refractivity contribution in [2.75, 3.05) is 0 Å². The minimum absolute atomic E-state index is 0.726. The quantitative estimate of drug-likeness (QED) is 0.781. The minimum atomic E-state index is 0.726. The van der Waals surface area contributed by atoms with E-state index in [9.17, 15) is 0 Å². The van der Waals surface area contributed by atoms with Crippen molar-refractivity contribution >= 4 is 11.4 Å². The lowest BCUT2D eigenvalue weighted by Crippen LogP contribution is -2.06. The highest BCUT2D eigenvalue weighted by atomic mass is 14.7. The molecule has 0 radical (unpaired) electrons. The average Bonchev–Trinajstić information content (AvgIpc) is 2.61. The third-order valence-corrected chi connectivity index (χ3v) is 4.45. The first-order chi connectivity index (χ1) is 11.7. The van der Waals surface area contributed by atoms with E-state index in [1.54, 1.807) is 0 Å². The second-order valence-electron chi connectivity index (χ2n) is 6.23. The average molecular weight is 317 g/mol. The molecule has 24 heavy (non-hydrogen) atoms. The molecule has 122 valence electrons. The maximum atomic E-state index is 7.98. The summed E-state index contributed by atoms with van der Waals surface area (Å²) in [4.78, 5) is 4.76. The Bertz CT molecular complexity index is 702. The van der Waals surface area contributed by atoms with E-state index in [1.807, 2.05) is 36.5 Å². The normalized spacial score (nSPS) is 17.0.